The average Bonchev–Trinajstić information content (AvgIpc) is 2.34. The van der Waals surface area contributed by atoms with E-state index in [1.54, 1.807) is 0 Å². The number of nitro benzene ring substituents is 1. The lowest BCUT2D eigenvalue weighted by Gasteiger charge is -2.08. The van der Waals surface area contributed by atoms with E-state index in [4.69, 9.17) is 11.5 Å². The molecule has 0 fully saturated rings. The number of anilines is 1. The molecular weight excluding hydrogens is 290 g/mol. The molecule has 0 unspecified atom stereocenters. The SMILES string of the molecule is NC(=O)NCCNS(=O)(=O)c1cc(N)ccc1[N+](=O)[O-]. The molecule has 11 heteroatoms. The normalized spacial score (nSPS) is 11.0. The zero-order valence-electron chi connectivity index (χ0n) is 10.2. The topological polar surface area (TPSA) is 170 Å². The van der Waals surface area contributed by atoms with Crippen molar-refractivity contribution in [2.24, 2.45) is 5.73 Å². The fourth-order valence-corrected chi connectivity index (χ4v) is 2.58. The van der Waals surface area contributed by atoms with Crippen molar-refractivity contribution in [2.75, 3.05) is 18.8 Å². The highest BCUT2D eigenvalue weighted by molar-refractivity contribution is 7.89. The molecule has 6 N–H and O–H groups in total. The first-order valence-electron chi connectivity index (χ1n) is 5.31. The van der Waals surface area contributed by atoms with E-state index in [0.717, 1.165) is 12.1 Å². The number of carbonyl (C=O) groups is 1. The summed E-state index contributed by atoms with van der Waals surface area (Å²) in [5.74, 6) is 0. The molecule has 0 atom stereocenters. The van der Waals surface area contributed by atoms with Gasteiger partial charge in [0.2, 0.25) is 10.0 Å². The number of carbonyl (C=O) groups excluding carboxylic acids is 1. The summed E-state index contributed by atoms with van der Waals surface area (Å²) in [6.45, 7) is -0.220. The first kappa shape index (κ1) is 15.7. The van der Waals surface area contributed by atoms with Gasteiger partial charge in [0.15, 0.2) is 4.90 Å². The fraction of sp³-hybridized carbons (Fsp3) is 0.222. The monoisotopic (exact) mass is 303 g/mol. The van der Waals surface area contributed by atoms with Gasteiger partial charge < -0.3 is 16.8 Å². The molecule has 1 aromatic rings. The number of rotatable bonds is 6. The summed E-state index contributed by atoms with van der Waals surface area (Å²) in [5.41, 5.74) is 9.72. The predicted molar refractivity (Wildman–Crippen MR) is 70.3 cm³/mol. The number of hydrogen-bond donors (Lipinski definition) is 4. The molecule has 20 heavy (non-hydrogen) atoms. The summed E-state index contributed by atoms with van der Waals surface area (Å²) < 4.78 is 26.0. The lowest BCUT2D eigenvalue weighted by Crippen LogP contribution is -2.37. The summed E-state index contributed by atoms with van der Waals surface area (Å²) >= 11 is 0. The fourth-order valence-electron chi connectivity index (χ4n) is 1.35. The van der Waals surface area contributed by atoms with Crippen LogP contribution < -0.4 is 21.5 Å². The average molecular weight is 303 g/mol. The Labute approximate surface area is 114 Å². The molecule has 0 radical (unpaired) electrons. The summed E-state index contributed by atoms with van der Waals surface area (Å²) in [7, 11) is -4.12. The maximum Gasteiger partial charge on any atom is 0.312 e. The van der Waals surface area contributed by atoms with Crippen LogP contribution in [0.1, 0.15) is 0 Å². The van der Waals surface area contributed by atoms with Crippen LogP contribution in [0.3, 0.4) is 0 Å². The van der Waals surface area contributed by atoms with E-state index < -0.39 is 31.6 Å². The van der Waals surface area contributed by atoms with Crippen molar-refractivity contribution in [3.8, 4) is 0 Å². The van der Waals surface area contributed by atoms with Crippen LogP contribution in [0, 0.1) is 10.1 Å². The van der Waals surface area contributed by atoms with Gasteiger partial charge in [-0.3, -0.25) is 10.1 Å². The number of sulfonamides is 1. The number of urea groups is 1. The molecule has 0 saturated carbocycles. The van der Waals surface area contributed by atoms with Gasteiger partial charge in [-0.15, -0.1) is 0 Å². The van der Waals surface area contributed by atoms with Gasteiger partial charge in [-0.1, -0.05) is 0 Å². The Hall–Kier alpha value is -2.40. The Balaban J connectivity index is 2.94. The molecule has 0 aliphatic carbocycles. The molecular formula is C9H13N5O5S. The second kappa shape index (κ2) is 6.16. The van der Waals surface area contributed by atoms with Crippen LogP contribution >= 0.6 is 0 Å². The van der Waals surface area contributed by atoms with Crippen LogP contribution in [0.4, 0.5) is 16.2 Å². The highest BCUT2D eigenvalue weighted by atomic mass is 32.2. The Bertz CT molecular complexity index is 630. The van der Waals surface area contributed by atoms with Gasteiger partial charge in [0, 0.05) is 24.8 Å². The Morgan fingerprint density at radius 3 is 2.55 bits per heavy atom. The summed E-state index contributed by atoms with van der Waals surface area (Å²) in [6, 6.07) is 2.42. The highest BCUT2D eigenvalue weighted by Crippen LogP contribution is 2.25. The third kappa shape index (κ3) is 4.07. The third-order valence-corrected chi connectivity index (χ3v) is 3.68. The number of nitrogens with two attached hydrogens (primary N) is 2. The van der Waals surface area contributed by atoms with Crippen LogP contribution in [0.5, 0.6) is 0 Å². The molecule has 1 rings (SSSR count). The third-order valence-electron chi connectivity index (χ3n) is 2.19. The van der Waals surface area contributed by atoms with E-state index in [1.165, 1.54) is 6.07 Å². The minimum Gasteiger partial charge on any atom is -0.399 e. The van der Waals surface area contributed by atoms with Gasteiger partial charge in [0.1, 0.15) is 0 Å². The highest BCUT2D eigenvalue weighted by Gasteiger charge is 2.25. The van der Waals surface area contributed by atoms with E-state index in [-0.39, 0.29) is 18.8 Å². The van der Waals surface area contributed by atoms with E-state index >= 15 is 0 Å². The smallest absolute Gasteiger partial charge is 0.312 e. The first-order chi connectivity index (χ1) is 9.24. The van der Waals surface area contributed by atoms with Gasteiger partial charge in [-0.05, 0) is 12.1 Å². The molecule has 110 valence electrons. The number of nitro groups is 1. The molecule has 0 aliphatic heterocycles. The zero-order valence-corrected chi connectivity index (χ0v) is 11.0. The van der Waals surface area contributed by atoms with Crippen LogP contribution in [-0.4, -0.2) is 32.5 Å². The quantitative estimate of drug-likeness (QED) is 0.230. The van der Waals surface area contributed by atoms with Gasteiger partial charge >= 0.3 is 6.03 Å². The number of amides is 2. The van der Waals surface area contributed by atoms with Crippen molar-refractivity contribution in [2.45, 2.75) is 4.90 Å². The minimum atomic E-state index is -4.12. The van der Waals surface area contributed by atoms with Crippen molar-refractivity contribution in [1.82, 2.24) is 10.0 Å². The van der Waals surface area contributed by atoms with E-state index in [1.807, 2.05) is 0 Å². The standard InChI is InChI=1S/C9H13N5O5S/c10-6-1-2-7(14(16)17)8(5-6)20(18,19)13-4-3-12-9(11)15/h1-2,5,13H,3-4,10H2,(H3,11,12,15). The van der Waals surface area contributed by atoms with Gasteiger partial charge in [-0.2, -0.15) is 0 Å². The number of nitrogens with zero attached hydrogens (tertiary/aromatic N) is 1. The van der Waals surface area contributed by atoms with Crippen LogP contribution in [0.2, 0.25) is 0 Å². The summed E-state index contributed by atoms with van der Waals surface area (Å²) in [4.78, 5) is 19.8. The van der Waals surface area contributed by atoms with E-state index in [0.29, 0.717) is 0 Å². The minimum absolute atomic E-state index is 0.0509. The van der Waals surface area contributed by atoms with Crippen molar-refractivity contribution in [3.63, 3.8) is 0 Å². The van der Waals surface area contributed by atoms with E-state index in [9.17, 15) is 23.3 Å². The molecule has 1 aromatic carbocycles. The molecule has 0 bridgehead atoms. The van der Waals surface area contributed by atoms with Gasteiger partial charge in [0.25, 0.3) is 5.69 Å². The molecule has 0 saturated heterocycles. The predicted octanol–water partition coefficient (Wildman–Crippen LogP) is -0.876. The summed E-state index contributed by atoms with van der Waals surface area (Å²) in [6.07, 6.45) is 0. The number of nitrogens with one attached hydrogen (secondary N) is 2. The van der Waals surface area contributed by atoms with Crippen LogP contribution in [-0.2, 0) is 10.0 Å². The lowest BCUT2D eigenvalue weighted by molar-refractivity contribution is -0.387. The van der Waals surface area contributed by atoms with Crippen LogP contribution in [0.25, 0.3) is 0 Å². The molecule has 2 amide bonds. The molecule has 10 nitrogen and oxygen atoms in total. The van der Waals surface area contributed by atoms with Crippen LogP contribution in [0.15, 0.2) is 23.1 Å². The molecule has 0 aliphatic rings. The lowest BCUT2D eigenvalue weighted by atomic mass is 10.3. The maximum atomic E-state index is 11.9. The van der Waals surface area contributed by atoms with Crippen molar-refractivity contribution < 1.29 is 18.1 Å². The maximum absolute atomic E-state index is 11.9. The largest absolute Gasteiger partial charge is 0.399 e. The van der Waals surface area contributed by atoms with Crippen molar-refractivity contribution in [3.05, 3.63) is 28.3 Å². The molecule has 0 heterocycles. The Morgan fingerprint density at radius 1 is 1.35 bits per heavy atom. The molecule has 0 aromatic heterocycles. The van der Waals surface area contributed by atoms with Crippen molar-refractivity contribution >= 4 is 27.4 Å². The second-order valence-electron chi connectivity index (χ2n) is 3.67. The van der Waals surface area contributed by atoms with E-state index in [2.05, 4.69) is 10.0 Å². The van der Waals surface area contributed by atoms with Gasteiger partial charge in [0.05, 0.1) is 4.92 Å². The Kier molecular flexibility index (Phi) is 4.83. The number of nitrogen functional groups attached to an aromatic ring is 1. The second-order valence-corrected chi connectivity index (χ2v) is 5.41. The number of primary amides is 1. The number of benzene rings is 1. The molecule has 0 spiro atoms. The summed E-state index contributed by atoms with van der Waals surface area (Å²) in [5, 5.41) is 13.0. The zero-order chi connectivity index (χ0) is 15.3. The first-order valence-corrected chi connectivity index (χ1v) is 6.79. The van der Waals surface area contributed by atoms with Gasteiger partial charge in [-0.25, -0.2) is 17.9 Å². The van der Waals surface area contributed by atoms with Crippen molar-refractivity contribution in [1.29, 1.82) is 0 Å². The Morgan fingerprint density at radius 2 is 2.00 bits per heavy atom. The number of hydrogen-bond acceptors (Lipinski definition) is 6.